The molecule has 0 aromatic heterocycles. The molecule has 0 aliphatic rings. The molecule has 0 aliphatic carbocycles. The molecule has 0 rings (SSSR count). The number of rotatable bonds is 32. The second-order valence-corrected chi connectivity index (χ2v) is 50.0. The maximum absolute atomic E-state index is 11.5. The largest absolute Gasteiger partial charge is 0.460 e. The molecule has 336 valence electrons. The van der Waals surface area contributed by atoms with Crippen molar-refractivity contribution in [3.05, 3.63) is 24.3 Å². The van der Waals surface area contributed by atoms with E-state index in [0.29, 0.717) is 24.4 Å². The fourth-order valence-corrected chi connectivity index (χ4v) is 43.9. The van der Waals surface area contributed by atoms with E-state index in [4.69, 9.17) is 35.4 Å². The molecule has 0 fully saturated rings. The number of ether oxygens (including phenoxy) is 4. The molecule has 19 heteroatoms. The highest BCUT2D eigenvalue weighted by molar-refractivity contribution is 6.90. The Balaban J connectivity index is 4.77. The standard InChI is InChI=1S/C38H84O12Si7/c1-33(2)37(41)45-31-35(39)29-43-21-19-23-51(5,6)47-53(9,10)25-27-55(13,14)49-57(17,18)50-56(15,16)28-26-54(11,12)48-52(7,8)24-20-22-44-30-36(40)32-46-38(42)34(3)4/h35-36,39-40H,1,3,19-32H2,2,4-18H3. The first-order valence-electron chi connectivity index (χ1n) is 20.7. The molecule has 0 saturated heterocycles. The number of carbonyl (C=O) groups is 2. The summed E-state index contributed by atoms with van der Waals surface area (Å²) in [6.45, 7) is 43.5. The van der Waals surface area contributed by atoms with Crippen LogP contribution in [0.2, 0.25) is 128 Å². The second kappa shape index (κ2) is 24.9. The summed E-state index contributed by atoms with van der Waals surface area (Å²) in [5.41, 5.74) is 0.608. The number of carbonyl (C=O) groups excluding carboxylic acids is 2. The molecular formula is C38H84O12Si7. The van der Waals surface area contributed by atoms with Crippen LogP contribution in [-0.2, 0) is 45.0 Å². The van der Waals surface area contributed by atoms with Gasteiger partial charge >= 0.3 is 20.5 Å². The van der Waals surface area contributed by atoms with E-state index in [9.17, 15) is 19.8 Å². The Morgan fingerprint density at radius 3 is 1.00 bits per heavy atom. The van der Waals surface area contributed by atoms with Crippen LogP contribution in [0.25, 0.3) is 0 Å². The van der Waals surface area contributed by atoms with Gasteiger partial charge in [-0.3, -0.25) is 0 Å². The molecule has 0 amide bonds. The van der Waals surface area contributed by atoms with Crippen molar-refractivity contribution in [3.8, 4) is 0 Å². The Hall–Kier alpha value is -0.382. The van der Waals surface area contributed by atoms with Gasteiger partial charge in [-0.2, -0.15) is 0 Å². The van der Waals surface area contributed by atoms with Crippen molar-refractivity contribution in [3.63, 3.8) is 0 Å². The third-order valence-corrected chi connectivity index (χ3v) is 36.2. The highest BCUT2D eigenvalue weighted by Gasteiger charge is 2.43. The zero-order valence-corrected chi connectivity index (χ0v) is 45.9. The Kier molecular flexibility index (Phi) is 24.7. The predicted molar refractivity (Wildman–Crippen MR) is 250 cm³/mol. The molecule has 0 saturated carbocycles. The van der Waals surface area contributed by atoms with Crippen LogP contribution in [0.4, 0.5) is 0 Å². The highest BCUT2D eigenvalue weighted by atomic mass is 28.5. The zero-order valence-electron chi connectivity index (χ0n) is 38.9. The van der Waals surface area contributed by atoms with Gasteiger partial charge in [-0.05, 0) is 155 Å². The van der Waals surface area contributed by atoms with E-state index in [2.05, 4.69) is 105 Å². The SMILES string of the molecule is C=C(C)C(=O)OCC(O)COCCC[Si](C)(C)O[Si](C)(C)CC[Si](C)(C)O[Si](C)(C)O[Si](C)(C)CC[Si](C)(C)O[Si](C)(C)CCCOCC(O)COC(=O)C(=C)C. The fourth-order valence-electron chi connectivity index (χ4n) is 6.68. The molecule has 0 bridgehead atoms. The van der Waals surface area contributed by atoms with Gasteiger partial charge in [0.05, 0.1) is 13.2 Å². The Bertz CT molecular complexity index is 1170. The molecule has 0 aliphatic heterocycles. The van der Waals surface area contributed by atoms with Crippen molar-refractivity contribution >= 4 is 70.4 Å². The predicted octanol–water partition coefficient (Wildman–Crippen LogP) is 8.76. The average molecular weight is 930 g/mol. The van der Waals surface area contributed by atoms with Gasteiger partial charge in [-0.15, -0.1) is 0 Å². The number of esters is 2. The van der Waals surface area contributed by atoms with Crippen molar-refractivity contribution in [1.82, 2.24) is 0 Å². The van der Waals surface area contributed by atoms with Gasteiger partial charge < -0.3 is 45.6 Å². The van der Waals surface area contributed by atoms with Gasteiger partial charge in [0, 0.05) is 24.4 Å². The molecule has 0 aromatic rings. The number of aliphatic hydroxyl groups is 2. The fraction of sp³-hybridized carbons (Fsp3) is 0.842. The lowest BCUT2D eigenvalue weighted by Crippen LogP contribution is -2.53. The van der Waals surface area contributed by atoms with E-state index in [1.54, 1.807) is 13.8 Å². The maximum atomic E-state index is 11.5. The topological polar surface area (TPSA) is 148 Å². The van der Waals surface area contributed by atoms with Crippen molar-refractivity contribution in [1.29, 1.82) is 0 Å². The normalized spacial score (nSPS) is 14.6. The van der Waals surface area contributed by atoms with Crippen LogP contribution in [0.5, 0.6) is 0 Å². The van der Waals surface area contributed by atoms with Gasteiger partial charge in [0.1, 0.15) is 25.4 Å². The van der Waals surface area contributed by atoms with E-state index in [1.165, 1.54) is 0 Å². The molecule has 0 spiro atoms. The molecule has 2 unspecified atom stereocenters. The molecule has 0 radical (unpaired) electrons. The Morgan fingerprint density at radius 1 is 0.456 bits per heavy atom. The first kappa shape index (κ1) is 56.6. The van der Waals surface area contributed by atoms with E-state index in [1.807, 2.05) is 0 Å². The van der Waals surface area contributed by atoms with Crippen LogP contribution in [0.15, 0.2) is 24.3 Å². The summed E-state index contributed by atoms with van der Waals surface area (Å²) in [5, 5.41) is 20.1. The first-order chi connectivity index (χ1) is 25.7. The van der Waals surface area contributed by atoms with E-state index < -0.39 is 82.6 Å². The van der Waals surface area contributed by atoms with Crippen LogP contribution < -0.4 is 0 Å². The van der Waals surface area contributed by atoms with Crippen LogP contribution in [0, 0.1) is 0 Å². The Morgan fingerprint density at radius 2 is 0.719 bits per heavy atom. The highest BCUT2D eigenvalue weighted by Crippen LogP contribution is 2.32. The van der Waals surface area contributed by atoms with Crippen LogP contribution in [0.3, 0.4) is 0 Å². The van der Waals surface area contributed by atoms with Gasteiger partial charge in [0.25, 0.3) is 0 Å². The van der Waals surface area contributed by atoms with Crippen LogP contribution >= 0.6 is 0 Å². The summed E-state index contributed by atoms with van der Waals surface area (Å²) >= 11 is 0. The van der Waals surface area contributed by atoms with Gasteiger partial charge in [0.15, 0.2) is 49.9 Å². The van der Waals surface area contributed by atoms with Crippen molar-refractivity contribution < 1.29 is 55.2 Å². The monoisotopic (exact) mass is 928 g/mol. The summed E-state index contributed by atoms with van der Waals surface area (Å²) in [5.74, 6) is -1.02. The van der Waals surface area contributed by atoms with E-state index >= 15 is 0 Å². The minimum Gasteiger partial charge on any atom is -0.460 e. The molecule has 2 atom stereocenters. The first-order valence-corrected chi connectivity index (χ1v) is 42.2. The lowest BCUT2D eigenvalue weighted by Gasteiger charge is -2.41. The zero-order chi connectivity index (χ0) is 44.5. The quantitative estimate of drug-likeness (QED) is 0.0288. The smallest absolute Gasteiger partial charge is 0.333 e. The van der Waals surface area contributed by atoms with E-state index in [-0.39, 0.29) is 26.4 Å². The number of aliphatic hydroxyl groups excluding tert-OH is 2. The second-order valence-electron chi connectivity index (χ2n) is 19.8. The summed E-state index contributed by atoms with van der Waals surface area (Å²) in [4.78, 5) is 23.0. The summed E-state index contributed by atoms with van der Waals surface area (Å²) in [6.07, 6.45) is -0.00249. The lowest BCUT2D eigenvalue weighted by atomic mass is 10.3. The summed E-state index contributed by atoms with van der Waals surface area (Å²) in [7, 11) is -14.2. The average Bonchev–Trinajstić information content (AvgIpc) is 3.01. The molecule has 0 aromatic carbocycles. The molecule has 12 nitrogen and oxygen atoms in total. The minimum atomic E-state index is -2.39. The van der Waals surface area contributed by atoms with E-state index in [0.717, 1.165) is 49.1 Å². The third kappa shape index (κ3) is 29.5. The van der Waals surface area contributed by atoms with Gasteiger partial charge in [-0.1, -0.05) is 13.2 Å². The van der Waals surface area contributed by atoms with Crippen molar-refractivity contribution in [2.45, 2.75) is 167 Å². The number of hydrogen-bond donors (Lipinski definition) is 2. The summed E-state index contributed by atoms with van der Waals surface area (Å²) in [6, 6.07) is 6.13. The Labute approximate surface area is 354 Å². The van der Waals surface area contributed by atoms with Gasteiger partial charge in [0.2, 0.25) is 0 Å². The van der Waals surface area contributed by atoms with Crippen LogP contribution in [-0.4, -0.2) is 132 Å². The molecular weight excluding hydrogens is 845 g/mol. The van der Waals surface area contributed by atoms with Gasteiger partial charge in [-0.25, -0.2) is 9.59 Å². The van der Waals surface area contributed by atoms with Crippen molar-refractivity contribution in [2.75, 3.05) is 39.6 Å². The number of hydrogen-bond acceptors (Lipinski definition) is 12. The maximum Gasteiger partial charge on any atom is 0.333 e. The summed E-state index contributed by atoms with van der Waals surface area (Å²) < 4.78 is 49.1. The minimum absolute atomic E-state index is 0.103. The molecule has 57 heavy (non-hydrogen) atoms. The molecule has 2 N–H and O–H groups in total. The third-order valence-electron chi connectivity index (χ3n) is 9.07. The van der Waals surface area contributed by atoms with Crippen molar-refractivity contribution in [2.24, 2.45) is 0 Å². The lowest BCUT2D eigenvalue weighted by molar-refractivity contribution is -0.143. The molecule has 0 heterocycles. The van der Waals surface area contributed by atoms with Crippen LogP contribution in [0.1, 0.15) is 26.7 Å².